The second kappa shape index (κ2) is 8.56. The monoisotopic (exact) mass is 444 g/mol. The number of carboxylic acids is 1. The molecule has 0 heterocycles. The van der Waals surface area contributed by atoms with Gasteiger partial charge in [0.2, 0.25) is 0 Å². The molecule has 0 saturated carbocycles. The molecule has 0 radical (unpaired) electrons. The van der Waals surface area contributed by atoms with E-state index in [0.29, 0.717) is 16.3 Å². The Balaban J connectivity index is 1.90. The number of nitrogens with one attached hydrogen (secondary N) is 2. The fourth-order valence-corrected chi connectivity index (χ4v) is 4.19. The van der Waals surface area contributed by atoms with E-state index in [0.717, 1.165) is 0 Å². The van der Waals surface area contributed by atoms with Gasteiger partial charge in [0.05, 0.1) is 16.1 Å². The summed E-state index contributed by atoms with van der Waals surface area (Å²) >= 11 is 5.82. The van der Waals surface area contributed by atoms with Crippen LogP contribution in [0.25, 0.3) is 0 Å². The molecule has 3 aromatic carbocycles. The molecule has 0 fully saturated rings. The van der Waals surface area contributed by atoms with E-state index in [-0.39, 0.29) is 21.7 Å². The maximum absolute atomic E-state index is 12.8. The number of carbonyl (C=O) groups is 2. The van der Waals surface area contributed by atoms with E-state index < -0.39 is 21.9 Å². The van der Waals surface area contributed by atoms with E-state index in [1.165, 1.54) is 48.5 Å². The number of carboxylic acid groups (broad SMARTS) is 1. The Morgan fingerprint density at radius 2 is 1.63 bits per heavy atom. The number of hydrogen-bond acceptors (Lipinski definition) is 4. The van der Waals surface area contributed by atoms with Crippen molar-refractivity contribution in [2.24, 2.45) is 0 Å². The van der Waals surface area contributed by atoms with E-state index in [9.17, 15) is 23.1 Å². The number of sulfonamides is 1. The number of rotatable bonds is 6. The van der Waals surface area contributed by atoms with Gasteiger partial charge in [-0.05, 0) is 61.0 Å². The minimum Gasteiger partial charge on any atom is -0.478 e. The normalized spacial score (nSPS) is 11.0. The zero-order valence-corrected chi connectivity index (χ0v) is 17.3. The molecule has 7 nitrogen and oxygen atoms in total. The van der Waals surface area contributed by atoms with Gasteiger partial charge in [0, 0.05) is 16.3 Å². The molecule has 0 saturated heterocycles. The second-order valence-electron chi connectivity index (χ2n) is 6.40. The summed E-state index contributed by atoms with van der Waals surface area (Å²) in [5, 5.41) is 12.2. The Morgan fingerprint density at radius 1 is 0.967 bits per heavy atom. The number of halogens is 1. The number of aromatic carboxylic acids is 1. The molecule has 0 spiro atoms. The topological polar surface area (TPSA) is 113 Å². The first-order valence-electron chi connectivity index (χ1n) is 8.70. The number of benzene rings is 3. The van der Waals surface area contributed by atoms with Gasteiger partial charge in [-0.2, -0.15) is 0 Å². The lowest BCUT2D eigenvalue weighted by molar-refractivity contribution is 0.0698. The molecule has 0 aliphatic heterocycles. The van der Waals surface area contributed by atoms with E-state index in [1.54, 1.807) is 25.1 Å². The molecule has 0 aliphatic rings. The average Bonchev–Trinajstić information content (AvgIpc) is 2.70. The van der Waals surface area contributed by atoms with Crippen LogP contribution in [0.15, 0.2) is 71.6 Å². The highest BCUT2D eigenvalue weighted by Crippen LogP contribution is 2.23. The Bertz CT molecular complexity index is 1220. The van der Waals surface area contributed by atoms with E-state index >= 15 is 0 Å². The van der Waals surface area contributed by atoms with Crippen LogP contribution in [-0.2, 0) is 10.0 Å². The van der Waals surface area contributed by atoms with Crippen molar-refractivity contribution in [1.82, 2.24) is 0 Å². The molecule has 0 unspecified atom stereocenters. The SMILES string of the molecule is Cc1ccc(C(=O)Nc2ccccc2C(=O)O)cc1S(=O)(=O)Nc1ccc(Cl)cc1. The lowest BCUT2D eigenvalue weighted by Gasteiger charge is -2.13. The smallest absolute Gasteiger partial charge is 0.337 e. The van der Waals surface area contributed by atoms with Crippen LogP contribution in [0, 0.1) is 6.92 Å². The number of para-hydroxylation sites is 1. The van der Waals surface area contributed by atoms with Crippen LogP contribution in [0.3, 0.4) is 0 Å². The van der Waals surface area contributed by atoms with Gasteiger partial charge in [0.25, 0.3) is 15.9 Å². The van der Waals surface area contributed by atoms with Crippen LogP contribution in [-0.4, -0.2) is 25.4 Å². The zero-order chi connectivity index (χ0) is 21.9. The van der Waals surface area contributed by atoms with E-state index in [1.807, 2.05) is 0 Å². The third-order valence-electron chi connectivity index (χ3n) is 4.24. The quantitative estimate of drug-likeness (QED) is 0.521. The molecule has 0 atom stereocenters. The number of amides is 1. The highest BCUT2D eigenvalue weighted by atomic mass is 35.5. The molecule has 30 heavy (non-hydrogen) atoms. The highest BCUT2D eigenvalue weighted by molar-refractivity contribution is 7.92. The van der Waals surface area contributed by atoms with Crippen molar-refractivity contribution in [3.05, 3.63) is 88.4 Å². The van der Waals surface area contributed by atoms with Gasteiger partial charge in [-0.1, -0.05) is 29.8 Å². The van der Waals surface area contributed by atoms with Crippen molar-refractivity contribution in [3.8, 4) is 0 Å². The molecule has 9 heteroatoms. The Labute approximate surface area is 178 Å². The molecule has 3 N–H and O–H groups in total. The molecule has 3 aromatic rings. The second-order valence-corrected chi connectivity index (χ2v) is 8.48. The standard InChI is InChI=1S/C21H17ClN2O5S/c1-13-6-7-14(20(25)23-18-5-3-2-4-17(18)21(26)27)12-19(13)30(28,29)24-16-10-8-15(22)9-11-16/h2-12,24H,1H3,(H,23,25)(H,26,27). The van der Waals surface area contributed by atoms with Gasteiger partial charge in [0.1, 0.15) is 0 Å². The molecular weight excluding hydrogens is 428 g/mol. The first-order chi connectivity index (χ1) is 14.2. The minimum atomic E-state index is -3.97. The minimum absolute atomic E-state index is 0.0669. The largest absolute Gasteiger partial charge is 0.478 e. The Hall–Kier alpha value is -3.36. The van der Waals surface area contributed by atoms with Gasteiger partial charge in [-0.15, -0.1) is 0 Å². The van der Waals surface area contributed by atoms with Gasteiger partial charge in [-0.3, -0.25) is 9.52 Å². The van der Waals surface area contributed by atoms with Crippen LogP contribution >= 0.6 is 11.6 Å². The van der Waals surface area contributed by atoms with Crippen molar-refractivity contribution in [2.45, 2.75) is 11.8 Å². The molecular formula is C21H17ClN2O5S. The van der Waals surface area contributed by atoms with E-state index in [4.69, 9.17) is 11.6 Å². The van der Waals surface area contributed by atoms with Crippen LogP contribution in [0.1, 0.15) is 26.3 Å². The summed E-state index contributed by atoms with van der Waals surface area (Å²) in [6, 6.07) is 16.3. The predicted octanol–water partition coefficient (Wildman–Crippen LogP) is 4.40. The third kappa shape index (κ3) is 4.79. The fraction of sp³-hybridized carbons (Fsp3) is 0.0476. The number of anilines is 2. The van der Waals surface area contributed by atoms with Crippen molar-refractivity contribution < 1.29 is 23.1 Å². The van der Waals surface area contributed by atoms with Gasteiger partial charge in [-0.25, -0.2) is 13.2 Å². The number of hydrogen-bond donors (Lipinski definition) is 3. The summed E-state index contributed by atoms with van der Waals surface area (Å²) in [6.07, 6.45) is 0. The summed E-state index contributed by atoms with van der Waals surface area (Å²) in [5.74, 6) is -1.82. The lowest BCUT2D eigenvalue weighted by Crippen LogP contribution is -2.18. The average molecular weight is 445 g/mol. The number of aryl methyl sites for hydroxylation is 1. The molecule has 0 aromatic heterocycles. The summed E-state index contributed by atoms with van der Waals surface area (Å²) in [4.78, 5) is 23.9. The van der Waals surface area contributed by atoms with Gasteiger partial charge < -0.3 is 10.4 Å². The van der Waals surface area contributed by atoms with Crippen LogP contribution in [0.2, 0.25) is 5.02 Å². The Morgan fingerprint density at radius 3 is 2.30 bits per heavy atom. The van der Waals surface area contributed by atoms with Crippen LogP contribution in [0.4, 0.5) is 11.4 Å². The fourth-order valence-electron chi connectivity index (χ4n) is 2.73. The molecule has 3 rings (SSSR count). The van der Waals surface area contributed by atoms with Gasteiger partial charge in [0.15, 0.2) is 0 Å². The molecule has 0 bridgehead atoms. The van der Waals surface area contributed by atoms with Crippen molar-refractivity contribution in [2.75, 3.05) is 10.0 Å². The van der Waals surface area contributed by atoms with E-state index in [2.05, 4.69) is 10.0 Å². The molecule has 154 valence electrons. The number of carbonyl (C=O) groups excluding carboxylic acids is 1. The zero-order valence-electron chi connectivity index (χ0n) is 15.7. The third-order valence-corrected chi connectivity index (χ3v) is 6.02. The summed E-state index contributed by atoms with van der Waals surface area (Å²) in [5.41, 5.74) is 0.870. The lowest BCUT2D eigenvalue weighted by atomic mass is 10.1. The summed E-state index contributed by atoms with van der Waals surface area (Å²) < 4.78 is 28.1. The summed E-state index contributed by atoms with van der Waals surface area (Å²) in [7, 11) is -3.97. The van der Waals surface area contributed by atoms with Gasteiger partial charge >= 0.3 is 5.97 Å². The predicted molar refractivity (Wildman–Crippen MR) is 115 cm³/mol. The van der Waals surface area contributed by atoms with Crippen molar-refractivity contribution in [1.29, 1.82) is 0 Å². The van der Waals surface area contributed by atoms with Crippen molar-refractivity contribution in [3.63, 3.8) is 0 Å². The molecule has 1 amide bonds. The maximum Gasteiger partial charge on any atom is 0.337 e. The van der Waals surface area contributed by atoms with Crippen molar-refractivity contribution >= 4 is 44.9 Å². The highest BCUT2D eigenvalue weighted by Gasteiger charge is 2.20. The Kier molecular flexibility index (Phi) is 6.09. The first-order valence-corrected chi connectivity index (χ1v) is 10.6. The summed E-state index contributed by atoms with van der Waals surface area (Å²) in [6.45, 7) is 1.61. The maximum atomic E-state index is 12.8. The molecule has 0 aliphatic carbocycles. The van der Waals surface area contributed by atoms with Crippen LogP contribution < -0.4 is 10.0 Å². The van der Waals surface area contributed by atoms with Crippen LogP contribution in [0.5, 0.6) is 0 Å². The first kappa shape index (κ1) is 21.4.